The summed E-state index contributed by atoms with van der Waals surface area (Å²) in [6.45, 7) is 3.76. The summed E-state index contributed by atoms with van der Waals surface area (Å²) in [5, 5.41) is 13.7. The van der Waals surface area contributed by atoms with Crippen molar-refractivity contribution in [1.82, 2.24) is 5.43 Å². The maximum absolute atomic E-state index is 11.8. The highest BCUT2D eigenvalue weighted by Crippen LogP contribution is 2.36. The number of benzene rings is 2. The molecule has 0 aliphatic rings. The zero-order valence-corrected chi connectivity index (χ0v) is 15.2. The van der Waals surface area contributed by atoms with Crippen molar-refractivity contribution in [2.24, 2.45) is 5.10 Å². The number of amides is 1. The number of hydrazone groups is 1. The number of nitrogens with one attached hydrogen (secondary N) is 1. The van der Waals surface area contributed by atoms with Gasteiger partial charge in [-0.25, -0.2) is 5.43 Å². The third-order valence-corrected chi connectivity index (χ3v) is 3.59. The van der Waals surface area contributed by atoms with E-state index in [2.05, 4.69) is 10.5 Å². The van der Waals surface area contributed by atoms with Gasteiger partial charge in [0, 0.05) is 5.56 Å². The number of rotatable bonds is 7. The van der Waals surface area contributed by atoms with Crippen molar-refractivity contribution in [3.63, 3.8) is 0 Å². The Morgan fingerprint density at radius 3 is 2.35 bits per heavy atom. The van der Waals surface area contributed by atoms with Gasteiger partial charge in [-0.3, -0.25) is 4.79 Å². The van der Waals surface area contributed by atoms with Crippen LogP contribution in [0, 0.1) is 13.8 Å². The number of hydrogen-bond donors (Lipinski definition) is 2. The maximum atomic E-state index is 11.8. The van der Waals surface area contributed by atoms with Gasteiger partial charge in [-0.2, -0.15) is 5.10 Å². The Balaban J connectivity index is 1.94. The molecule has 2 aromatic rings. The van der Waals surface area contributed by atoms with E-state index in [1.54, 1.807) is 12.1 Å². The first-order valence-corrected chi connectivity index (χ1v) is 7.91. The van der Waals surface area contributed by atoms with Crippen molar-refractivity contribution in [2.75, 3.05) is 20.8 Å². The second-order valence-electron chi connectivity index (χ2n) is 5.62. The highest BCUT2D eigenvalue weighted by molar-refractivity contribution is 5.84. The minimum atomic E-state index is -0.390. The van der Waals surface area contributed by atoms with Crippen LogP contribution in [0.15, 0.2) is 35.4 Å². The Bertz CT molecular complexity index is 793. The normalized spacial score (nSPS) is 10.6. The minimum absolute atomic E-state index is 0.0990. The van der Waals surface area contributed by atoms with Gasteiger partial charge < -0.3 is 19.3 Å². The summed E-state index contributed by atoms with van der Waals surface area (Å²) in [6.07, 6.45) is 1.42. The van der Waals surface area contributed by atoms with Crippen LogP contribution in [0.1, 0.15) is 16.7 Å². The molecule has 0 fully saturated rings. The third kappa shape index (κ3) is 4.89. The molecule has 0 bridgehead atoms. The van der Waals surface area contributed by atoms with E-state index in [0.29, 0.717) is 11.3 Å². The van der Waals surface area contributed by atoms with E-state index < -0.39 is 0 Å². The number of nitrogens with zero attached hydrogens (tertiary/aromatic N) is 1. The third-order valence-electron chi connectivity index (χ3n) is 3.59. The van der Waals surface area contributed by atoms with Gasteiger partial charge in [-0.15, -0.1) is 0 Å². The first-order chi connectivity index (χ1) is 12.4. The average Bonchev–Trinajstić information content (AvgIpc) is 2.62. The molecule has 26 heavy (non-hydrogen) atoms. The molecule has 0 saturated carbocycles. The average molecular weight is 358 g/mol. The van der Waals surface area contributed by atoms with Gasteiger partial charge in [0.1, 0.15) is 5.75 Å². The summed E-state index contributed by atoms with van der Waals surface area (Å²) >= 11 is 0. The molecule has 7 heteroatoms. The summed E-state index contributed by atoms with van der Waals surface area (Å²) in [5.41, 5.74) is 5.06. The number of ether oxygens (including phenoxy) is 3. The summed E-state index contributed by atoms with van der Waals surface area (Å²) < 4.78 is 15.6. The highest BCUT2D eigenvalue weighted by atomic mass is 16.5. The molecule has 0 aromatic heterocycles. The molecule has 0 heterocycles. The largest absolute Gasteiger partial charge is 0.502 e. The Kier molecular flexibility index (Phi) is 6.43. The van der Waals surface area contributed by atoms with Gasteiger partial charge in [-0.1, -0.05) is 17.7 Å². The van der Waals surface area contributed by atoms with Gasteiger partial charge in [0.25, 0.3) is 5.91 Å². The number of methoxy groups -OCH3 is 2. The first-order valence-electron chi connectivity index (χ1n) is 7.91. The Morgan fingerprint density at radius 2 is 1.77 bits per heavy atom. The van der Waals surface area contributed by atoms with Crippen molar-refractivity contribution >= 4 is 12.1 Å². The number of carbonyl (C=O) groups is 1. The molecule has 1 amide bonds. The van der Waals surface area contributed by atoms with Crippen molar-refractivity contribution < 1.29 is 24.1 Å². The van der Waals surface area contributed by atoms with Crippen molar-refractivity contribution in [2.45, 2.75) is 13.8 Å². The number of carbonyl (C=O) groups excluding carboxylic acids is 1. The number of phenolic OH excluding ortho intramolecular Hbond substituents is 1. The lowest BCUT2D eigenvalue weighted by atomic mass is 10.1. The van der Waals surface area contributed by atoms with Crippen molar-refractivity contribution in [3.8, 4) is 23.0 Å². The Labute approximate surface area is 152 Å². The van der Waals surface area contributed by atoms with Gasteiger partial charge in [0.2, 0.25) is 5.75 Å². The second kappa shape index (κ2) is 8.75. The molecule has 0 aliphatic carbocycles. The monoisotopic (exact) mass is 358 g/mol. The van der Waals surface area contributed by atoms with Crippen LogP contribution in [-0.2, 0) is 4.79 Å². The fraction of sp³-hybridized carbons (Fsp3) is 0.263. The lowest BCUT2D eigenvalue weighted by molar-refractivity contribution is -0.123. The summed E-state index contributed by atoms with van der Waals surface area (Å²) in [4.78, 5) is 11.8. The molecule has 0 radical (unpaired) electrons. The number of aromatic hydroxyl groups is 1. The van der Waals surface area contributed by atoms with Gasteiger partial charge in [0.15, 0.2) is 18.1 Å². The van der Waals surface area contributed by atoms with Crippen LogP contribution in [0.3, 0.4) is 0 Å². The molecule has 2 aromatic carbocycles. The summed E-state index contributed by atoms with van der Waals surface area (Å²) in [5.74, 6) is 0.658. The first kappa shape index (κ1) is 19.1. The summed E-state index contributed by atoms with van der Waals surface area (Å²) in [6, 6.07) is 8.87. The predicted molar refractivity (Wildman–Crippen MR) is 98.4 cm³/mol. The van der Waals surface area contributed by atoms with Crippen LogP contribution >= 0.6 is 0 Å². The number of hydrogen-bond acceptors (Lipinski definition) is 6. The zero-order chi connectivity index (χ0) is 19.1. The molecule has 138 valence electrons. The topological polar surface area (TPSA) is 89.4 Å². The van der Waals surface area contributed by atoms with E-state index in [1.165, 1.54) is 20.4 Å². The van der Waals surface area contributed by atoms with Crippen LogP contribution in [-0.4, -0.2) is 38.1 Å². The molecule has 0 saturated heterocycles. The van der Waals surface area contributed by atoms with Crippen molar-refractivity contribution in [3.05, 3.63) is 47.0 Å². The fourth-order valence-electron chi connectivity index (χ4n) is 2.30. The summed E-state index contributed by atoms with van der Waals surface area (Å²) in [7, 11) is 2.86. The maximum Gasteiger partial charge on any atom is 0.277 e. The Morgan fingerprint density at radius 1 is 1.12 bits per heavy atom. The van der Waals surface area contributed by atoms with E-state index >= 15 is 0 Å². The fourth-order valence-corrected chi connectivity index (χ4v) is 2.30. The van der Waals surface area contributed by atoms with E-state index in [-0.39, 0.29) is 29.8 Å². The molecule has 0 aliphatic heterocycles. The molecule has 0 unspecified atom stereocenters. The molecule has 0 spiro atoms. The van der Waals surface area contributed by atoms with Crippen LogP contribution in [0.25, 0.3) is 0 Å². The standard InChI is InChI=1S/C19H22N2O5/c1-12-5-6-15(13(2)7-12)26-11-18(22)21-20-10-14-8-16(24-3)19(23)17(9-14)25-4/h5-10,23H,11H2,1-4H3,(H,21,22). The zero-order valence-electron chi connectivity index (χ0n) is 15.2. The molecular formula is C19H22N2O5. The van der Waals surface area contributed by atoms with Crippen LogP contribution in [0.2, 0.25) is 0 Å². The highest BCUT2D eigenvalue weighted by Gasteiger charge is 2.10. The lowest BCUT2D eigenvalue weighted by Crippen LogP contribution is -2.24. The molecular weight excluding hydrogens is 336 g/mol. The molecule has 7 nitrogen and oxygen atoms in total. The lowest BCUT2D eigenvalue weighted by Gasteiger charge is -2.09. The van der Waals surface area contributed by atoms with Crippen LogP contribution in [0.4, 0.5) is 0 Å². The van der Waals surface area contributed by atoms with Gasteiger partial charge in [-0.05, 0) is 37.6 Å². The minimum Gasteiger partial charge on any atom is -0.502 e. The van der Waals surface area contributed by atoms with E-state index in [1.807, 2.05) is 32.0 Å². The van der Waals surface area contributed by atoms with E-state index in [0.717, 1.165) is 11.1 Å². The molecule has 0 atom stereocenters. The molecule has 2 rings (SSSR count). The van der Waals surface area contributed by atoms with E-state index in [4.69, 9.17) is 14.2 Å². The number of phenols is 1. The van der Waals surface area contributed by atoms with Gasteiger partial charge >= 0.3 is 0 Å². The van der Waals surface area contributed by atoms with Crippen LogP contribution in [0.5, 0.6) is 23.0 Å². The smallest absolute Gasteiger partial charge is 0.277 e. The number of aryl methyl sites for hydroxylation is 2. The molecule has 2 N–H and O–H groups in total. The van der Waals surface area contributed by atoms with Crippen molar-refractivity contribution in [1.29, 1.82) is 0 Å². The quantitative estimate of drug-likeness (QED) is 0.586. The Hall–Kier alpha value is -3.22. The van der Waals surface area contributed by atoms with Crippen LogP contribution < -0.4 is 19.6 Å². The predicted octanol–water partition coefficient (Wildman–Crippen LogP) is 2.56. The SMILES string of the molecule is COc1cc(C=NNC(=O)COc2ccc(C)cc2C)cc(OC)c1O. The second-order valence-corrected chi connectivity index (χ2v) is 5.62. The van der Waals surface area contributed by atoms with Gasteiger partial charge in [0.05, 0.1) is 20.4 Å². The van der Waals surface area contributed by atoms with E-state index in [9.17, 15) is 9.90 Å².